The van der Waals surface area contributed by atoms with E-state index >= 15 is 0 Å². The zero-order chi connectivity index (χ0) is 18.2. The van der Waals surface area contributed by atoms with Crippen LogP contribution in [-0.2, 0) is 13.1 Å². The van der Waals surface area contributed by atoms with E-state index in [9.17, 15) is 4.79 Å². The molecule has 0 aliphatic heterocycles. The van der Waals surface area contributed by atoms with Gasteiger partial charge in [0.15, 0.2) is 5.69 Å². The topological polar surface area (TPSA) is 67.6 Å². The quantitative estimate of drug-likeness (QED) is 0.756. The minimum Gasteiger partial charge on any atom is -0.496 e. The zero-order valence-electron chi connectivity index (χ0n) is 15.4. The third-order valence-electron chi connectivity index (χ3n) is 4.24. The van der Waals surface area contributed by atoms with E-state index < -0.39 is 0 Å². The van der Waals surface area contributed by atoms with Gasteiger partial charge in [0.1, 0.15) is 12.0 Å². The van der Waals surface area contributed by atoms with E-state index in [0.717, 1.165) is 24.3 Å². The first-order valence-electron chi connectivity index (χ1n) is 8.67. The van der Waals surface area contributed by atoms with Crippen LogP contribution in [0.4, 0.5) is 0 Å². The SMILES string of the molecule is CCNC(=O)c1coc(CN(Cc2ccccc2OC)C(C)CC)n1. The third kappa shape index (κ3) is 5.06. The van der Waals surface area contributed by atoms with E-state index in [1.54, 1.807) is 7.11 Å². The Morgan fingerprint density at radius 2 is 2.08 bits per heavy atom. The summed E-state index contributed by atoms with van der Waals surface area (Å²) in [6.45, 7) is 8.01. The second-order valence-corrected chi connectivity index (χ2v) is 5.96. The molecule has 0 bridgehead atoms. The molecule has 1 aromatic heterocycles. The highest BCUT2D eigenvalue weighted by Crippen LogP contribution is 2.22. The second-order valence-electron chi connectivity index (χ2n) is 5.96. The Hall–Kier alpha value is -2.34. The van der Waals surface area contributed by atoms with E-state index in [2.05, 4.69) is 35.1 Å². The summed E-state index contributed by atoms with van der Waals surface area (Å²) in [4.78, 5) is 18.4. The number of benzene rings is 1. The molecule has 1 atom stereocenters. The van der Waals surface area contributed by atoms with Gasteiger partial charge in [-0.3, -0.25) is 9.69 Å². The van der Waals surface area contributed by atoms with E-state index in [1.807, 2.05) is 25.1 Å². The number of amides is 1. The highest BCUT2D eigenvalue weighted by Gasteiger charge is 2.19. The average Bonchev–Trinajstić information content (AvgIpc) is 3.10. The molecule has 1 aromatic carbocycles. The summed E-state index contributed by atoms with van der Waals surface area (Å²) >= 11 is 0. The minimum absolute atomic E-state index is 0.211. The van der Waals surface area contributed by atoms with Crippen LogP contribution >= 0.6 is 0 Å². The van der Waals surface area contributed by atoms with Gasteiger partial charge in [-0.15, -0.1) is 0 Å². The first kappa shape index (κ1) is 19.0. The van der Waals surface area contributed by atoms with Crippen LogP contribution in [-0.4, -0.2) is 35.5 Å². The Labute approximate surface area is 149 Å². The first-order valence-corrected chi connectivity index (χ1v) is 8.67. The predicted octanol–water partition coefficient (Wildman–Crippen LogP) is 3.23. The van der Waals surface area contributed by atoms with Gasteiger partial charge >= 0.3 is 0 Å². The van der Waals surface area contributed by atoms with Crippen LogP contribution in [0.5, 0.6) is 5.75 Å². The fraction of sp³-hybridized carbons (Fsp3) is 0.474. The maximum absolute atomic E-state index is 11.8. The van der Waals surface area contributed by atoms with Crippen molar-refractivity contribution in [3.63, 3.8) is 0 Å². The molecule has 1 amide bonds. The van der Waals surface area contributed by atoms with Gasteiger partial charge < -0.3 is 14.5 Å². The Morgan fingerprint density at radius 3 is 2.76 bits per heavy atom. The lowest BCUT2D eigenvalue weighted by Crippen LogP contribution is -2.32. The Balaban J connectivity index is 2.14. The van der Waals surface area contributed by atoms with Gasteiger partial charge in [-0.1, -0.05) is 25.1 Å². The van der Waals surface area contributed by atoms with Crippen molar-refractivity contribution >= 4 is 5.91 Å². The van der Waals surface area contributed by atoms with Gasteiger partial charge in [0.25, 0.3) is 5.91 Å². The summed E-state index contributed by atoms with van der Waals surface area (Å²) in [7, 11) is 1.68. The van der Waals surface area contributed by atoms with Crippen LogP contribution in [0.3, 0.4) is 0 Å². The molecule has 1 N–H and O–H groups in total. The van der Waals surface area contributed by atoms with Crippen molar-refractivity contribution in [1.82, 2.24) is 15.2 Å². The maximum Gasteiger partial charge on any atom is 0.273 e. The number of carbonyl (C=O) groups excluding carboxylic acids is 1. The number of hydrogen-bond donors (Lipinski definition) is 1. The molecule has 136 valence electrons. The van der Waals surface area contributed by atoms with Crippen LogP contribution in [0.25, 0.3) is 0 Å². The van der Waals surface area contributed by atoms with Crippen LogP contribution in [0.15, 0.2) is 34.9 Å². The first-order chi connectivity index (χ1) is 12.1. The fourth-order valence-corrected chi connectivity index (χ4v) is 2.59. The van der Waals surface area contributed by atoms with Gasteiger partial charge in [0.05, 0.1) is 13.7 Å². The minimum atomic E-state index is -0.211. The molecule has 0 fully saturated rings. The number of oxazole rings is 1. The number of hydrogen-bond acceptors (Lipinski definition) is 5. The fourth-order valence-electron chi connectivity index (χ4n) is 2.59. The Kier molecular flexibility index (Phi) is 7.01. The summed E-state index contributed by atoms with van der Waals surface area (Å²) < 4.78 is 11.0. The largest absolute Gasteiger partial charge is 0.496 e. The number of methoxy groups -OCH3 is 1. The zero-order valence-corrected chi connectivity index (χ0v) is 15.4. The van der Waals surface area contributed by atoms with Gasteiger partial charge in [0.2, 0.25) is 5.89 Å². The van der Waals surface area contributed by atoms with Crippen LogP contribution in [0, 0.1) is 0 Å². The average molecular weight is 345 g/mol. The van der Waals surface area contributed by atoms with Crippen LogP contribution < -0.4 is 10.1 Å². The van der Waals surface area contributed by atoms with E-state index in [4.69, 9.17) is 9.15 Å². The smallest absolute Gasteiger partial charge is 0.273 e. The lowest BCUT2D eigenvalue weighted by Gasteiger charge is -2.27. The predicted molar refractivity (Wildman–Crippen MR) is 96.5 cm³/mol. The molecule has 0 saturated heterocycles. The molecule has 0 radical (unpaired) electrons. The van der Waals surface area contributed by atoms with Crippen LogP contribution in [0.2, 0.25) is 0 Å². The standard InChI is InChI=1S/C19H27N3O3/c1-5-14(3)22(11-15-9-7-8-10-17(15)24-4)12-18-21-16(13-25-18)19(23)20-6-2/h7-10,13-14H,5-6,11-12H2,1-4H3,(H,20,23). The Bertz CT molecular complexity index is 684. The monoisotopic (exact) mass is 345 g/mol. The van der Waals surface area contributed by atoms with Crippen molar-refractivity contribution in [3.05, 3.63) is 47.7 Å². The summed E-state index contributed by atoms with van der Waals surface area (Å²) in [5.41, 5.74) is 1.43. The molecule has 25 heavy (non-hydrogen) atoms. The van der Waals surface area contributed by atoms with E-state index in [1.165, 1.54) is 6.26 Å². The van der Waals surface area contributed by atoms with Crippen molar-refractivity contribution in [2.24, 2.45) is 0 Å². The molecule has 0 saturated carbocycles. The van der Waals surface area contributed by atoms with E-state index in [-0.39, 0.29) is 5.91 Å². The molecular formula is C19H27N3O3. The molecular weight excluding hydrogens is 318 g/mol. The number of rotatable bonds is 9. The highest BCUT2D eigenvalue weighted by atomic mass is 16.5. The number of para-hydroxylation sites is 1. The van der Waals surface area contributed by atoms with Crippen molar-refractivity contribution < 1.29 is 13.9 Å². The maximum atomic E-state index is 11.8. The molecule has 6 heteroatoms. The van der Waals surface area contributed by atoms with Gasteiger partial charge in [0, 0.05) is 24.7 Å². The summed E-state index contributed by atoms with van der Waals surface area (Å²) in [5.74, 6) is 1.19. The molecule has 6 nitrogen and oxygen atoms in total. The molecule has 2 rings (SSSR count). The molecule has 0 aliphatic carbocycles. The van der Waals surface area contributed by atoms with Gasteiger partial charge in [-0.25, -0.2) is 4.98 Å². The lowest BCUT2D eigenvalue weighted by atomic mass is 10.1. The van der Waals surface area contributed by atoms with Crippen LogP contribution in [0.1, 0.15) is 49.1 Å². The van der Waals surface area contributed by atoms with Gasteiger partial charge in [-0.2, -0.15) is 0 Å². The van der Waals surface area contributed by atoms with Crippen molar-refractivity contribution in [2.45, 2.75) is 46.3 Å². The lowest BCUT2D eigenvalue weighted by molar-refractivity contribution is 0.0950. The second kappa shape index (κ2) is 9.22. The molecule has 1 unspecified atom stereocenters. The molecule has 0 spiro atoms. The number of carbonyl (C=O) groups is 1. The molecule has 1 heterocycles. The van der Waals surface area contributed by atoms with Crippen molar-refractivity contribution in [3.8, 4) is 5.75 Å². The summed E-state index contributed by atoms with van der Waals surface area (Å²) in [6, 6.07) is 8.32. The number of ether oxygens (including phenoxy) is 1. The van der Waals surface area contributed by atoms with Crippen molar-refractivity contribution in [2.75, 3.05) is 13.7 Å². The summed E-state index contributed by atoms with van der Waals surface area (Å²) in [6.07, 6.45) is 2.41. The third-order valence-corrected chi connectivity index (χ3v) is 4.24. The highest BCUT2D eigenvalue weighted by molar-refractivity contribution is 5.91. The van der Waals surface area contributed by atoms with Gasteiger partial charge in [-0.05, 0) is 26.3 Å². The molecule has 2 aromatic rings. The number of nitrogens with one attached hydrogen (secondary N) is 1. The van der Waals surface area contributed by atoms with Crippen molar-refractivity contribution in [1.29, 1.82) is 0 Å². The van der Waals surface area contributed by atoms with E-state index in [0.29, 0.717) is 30.7 Å². The number of nitrogens with zero attached hydrogens (tertiary/aromatic N) is 2. The Morgan fingerprint density at radius 1 is 1.32 bits per heavy atom. The number of aromatic nitrogens is 1. The normalized spacial score (nSPS) is 12.2. The molecule has 0 aliphatic rings. The summed E-state index contributed by atoms with van der Waals surface area (Å²) in [5, 5.41) is 2.73.